The molecule has 1 heterocycles. The largest absolute Gasteiger partial charge is 0.494 e. The summed E-state index contributed by atoms with van der Waals surface area (Å²) in [6.07, 6.45) is 1.86. The van der Waals surface area contributed by atoms with Crippen LogP contribution in [0.25, 0.3) is 6.08 Å². The molecule has 0 spiro atoms. The molecule has 0 aromatic heterocycles. The van der Waals surface area contributed by atoms with Crippen LogP contribution in [0.1, 0.15) is 18.1 Å². The molecule has 0 aliphatic carbocycles. The second-order valence-electron chi connectivity index (χ2n) is 5.32. The van der Waals surface area contributed by atoms with Gasteiger partial charge in [0.05, 0.1) is 17.2 Å². The van der Waals surface area contributed by atoms with Gasteiger partial charge < -0.3 is 10.1 Å². The summed E-state index contributed by atoms with van der Waals surface area (Å²) >= 11 is 1.35. The fraction of sp³-hybridized carbons (Fsp3) is 0.158. The Morgan fingerprint density at radius 2 is 2.00 bits per heavy atom. The van der Waals surface area contributed by atoms with Crippen LogP contribution in [-0.2, 0) is 4.79 Å². The van der Waals surface area contributed by atoms with E-state index in [0.29, 0.717) is 16.7 Å². The quantitative estimate of drug-likeness (QED) is 0.846. The number of thioether (sulfide) groups is 1. The number of amides is 1. The molecule has 2 aromatic carbocycles. The van der Waals surface area contributed by atoms with E-state index in [4.69, 9.17) is 4.74 Å². The van der Waals surface area contributed by atoms with Gasteiger partial charge in [-0.15, -0.1) is 0 Å². The Labute approximate surface area is 145 Å². The standard InChI is InChI=1S/C19H18N2O2S/c1-3-23-16-9-7-14(8-10-16)12-17-18(22)21-19(24-17)20-15-6-4-5-13(2)11-15/h4-12H,3H2,1-2H3,(H,20,21,22)/b17-12+. The molecule has 0 radical (unpaired) electrons. The Balaban J connectivity index is 1.76. The normalized spacial score (nSPS) is 17.3. The van der Waals surface area contributed by atoms with Crippen molar-refractivity contribution in [1.29, 1.82) is 0 Å². The van der Waals surface area contributed by atoms with Crippen LogP contribution in [0.15, 0.2) is 58.4 Å². The first-order valence-corrected chi connectivity index (χ1v) is 8.55. The Morgan fingerprint density at radius 1 is 1.21 bits per heavy atom. The van der Waals surface area contributed by atoms with Crippen molar-refractivity contribution in [3.63, 3.8) is 0 Å². The highest BCUT2D eigenvalue weighted by Gasteiger charge is 2.23. The van der Waals surface area contributed by atoms with E-state index in [1.54, 1.807) is 0 Å². The van der Waals surface area contributed by atoms with E-state index in [-0.39, 0.29) is 5.91 Å². The van der Waals surface area contributed by atoms with Gasteiger partial charge in [-0.1, -0.05) is 24.3 Å². The van der Waals surface area contributed by atoms with Gasteiger partial charge in [0.15, 0.2) is 5.17 Å². The summed E-state index contributed by atoms with van der Waals surface area (Å²) in [5.74, 6) is 0.699. The Hall–Kier alpha value is -2.53. The third kappa shape index (κ3) is 4.06. The van der Waals surface area contributed by atoms with Crippen molar-refractivity contribution in [3.8, 4) is 5.75 Å². The highest BCUT2D eigenvalue weighted by atomic mass is 32.2. The first kappa shape index (κ1) is 16.3. The molecule has 1 fully saturated rings. The average Bonchev–Trinajstić information content (AvgIpc) is 2.89. The van der Waals surface area contributed by atoms with E-state index in [0.717, 1.165) is 22.6 Å². The van der Waals surface area contributed by atoms with Crippen LogP contribution in [0.2, 0.25) is 0 Å². The van der Waals surface area contributed by atoms with Gasteiger partial charge in [0.1, 0.15) is 5.75 Å². The lowest BCUT2D eigenvalue weighted by Crippen LogP contribution is -2.19. The number of carbonyl (C=O) groups is 1. The highest BCUT2D eigenvalue weighted by molar-refractivity contribution is 8.18. The maximum atomic E-state index is 12.1. The molecule has 5 heteroatoms. The second kappa shape index (κ2) is 7.36. The lowest BCUT2D eigenvalue weighted by molar-refractivity contribution is -0.115. The summed E-state index contributed by atoms with van der Waals surface area (Å²) in [4.78, 5) is 17.2. The van der Waals surface area contributed by atoms with Crippen LogP contribution in [0.3, 0.4) is 0 Å². The minimum atomic E-state index is -0.125. The second-order valence-corrected chi connectivity index (χ2v) is 6.35. The van der Waals surface area contributed by atoms with E-state index in [9.17, 15) is 4.79 Å². The molecule has 2 aromatic rings. The van der Waals surface area contributed by atoms with Gasteiger partial charge in [0.25, 0.3) is 5.91 Å². The van der Waals surface area contributed by atoms with Crippen molar-refractivity contribution in [3.05, 3.63) is 64.6 Å². The number of rotatable bonds is 4. The summed E-state index contributed by atoms with van der Waals surface area (Å²) < 4.78 is 5.42. The van der Waals surface area contributed by atoms with Crippen LogP contribution in [0.4, 0.5) is 5.69 Å². The van der Waals surface area contributed by atoms with Crippen molar-refractivity contribution in [2.45, 2.75) is 13.8 Å². The third-order valence-electron chi connectivity index (χ3n) is 3.37. The van der Waals surface area contributed by atoms with Crippen molar-refractivity contribution < 1.29 is 9.53 Å². The average molecular weight is 338 g/mol. The number of hydrogen-bond donors (Lipinski definition) is 1. The molecule has 4 nitrogen and oxygen atoms in total. The predicted octanol–water partition coefficient (Wildman–Crippen LogP) is 4.29. The summed E-state index contributed by atoms with van der Waals surface area (Å²) in [5, 5.41) is 3.40. The third-order valence-corrected chi connectivity index (χ3v) is 4.28. The van der Waals surface area contributed by atoms with Gasteiger partial charge in [-0.25, -0.2) is 4.99 Å². The number of aliphatic imine (C=N–C) groups is 1. The molecule has 1 aliphatic heterocycles. The molecule has 0 saturated carbocycles. The molecule has 0 atom stereocenters. The lowest BCUT2D eigenvalue weighted by atomic mass is 10.2. The van der Waals surface area contributed by atoms with E-state index in [1.807, 2.05) is 68.5 Å². The first-order chi connectivity index (χ1) is 11.6. The van der Waals surface area contributed by atoms with Gasteiger partial charge in [-0.2, -0.15) is 0 Å². The van der Waals surface area contributed by atoms with Crippen molar-refractivity contribution >= 4 is 34.6 Å². The van der Waals surface area contributed by atoms with Gasteiger partial charge in [0, 0.05) is 0 Å². The summed E-state index contributed by atoms with van der Waals surface area (Å²) in [6, 6.07) is 15.5. The number of nitrogens with one attached hydrogen (secondary N) is 1. The highest BCUT2D eigenvalue weighted by Crippen LogP contribution is 2.28. The summed E-state index contributed by atoms with van der Waals surface area (Å²) in [6.45, 7) is 4.60. The minimum Gasteiger partial charge on any atom is -0.494 e. The molecule has 122 valence electrons. The molecular weight excluding hydrogens is 320 g/mol. The predicted molar refractivity (Wildman–Crippen MR) is 99.6 cm³/mol. The molecule has 24 heavy (non-hydrogen) atoms. The van der Waals surface area contributed by atoms with Gasteiger partial charge in [0.2, 0.25) is 0 Å². The van der Waals surface area contributed by atoms with Crippen LogP contribution in [-0.4, -0.2) is 17.7 Å². The zero-order valence-corrected chi connectivity index (χ0v) is 14.4. The molecule has 1 aliphatic rings. The number of ether oxygens (including phenoxy) is 1. The molecule has 0 bridgehead atoms. The molecule has 0 unspecified atom stereocenters. The smallest absolute Gasteiger partial charge is 0.264 e. The molecule has 1 amide bonds. The van der Waals surface area contributed by atoms with Gasteiger partial charge in [-0.3, -0.25) is 4.79 Å². The maximum Gasteiger partial charge on any atom is 0.264 e. The SMILES string of the molecule is CCOc1ccc(/C=C2/SC(=Nc3cccc(C)c3)NC2=O)cc1. The Morgan fingerprint density at radius 3 is 2.71 bits per heavy atom. The van der Waals surface area contributed by atoms with Crippen LogP contribution in [0, 0.1) is 6.92 Å². The minimum absolute atomic E-state index is 0.125. The van der Waals surface area contributed by atoms with Gasteiger partial charge in [-0.05, 0) is 67.1 Å². The lowest BCUT2D eigenvalue weighted by Gasteiger charge is -2.02. The molecule has 3 rings (SSSR count). The van der Waals surface area contributed by atoms with Crippen LogP contribution in [0.5, 0.6) is 5.75 Å². The number of nitrogens with zero attached hydrogens (tertiary/aromatic N) is 1. The van der Waals surface area contributed by atoms with Crippen molar-refractivity contribution in [2.24, 2.45) is 4.99 Å². The molecule has 1 saturated heterocycles. The maximum absolute atomic E-state index is 12.1. The summed E-state index contributed by atoms with van der Waals surface area (Å²) in [7, 11) is 0. The van der Waals surface area contributed by atoms with Crippen molar-refractivity contribution in [2.75, 3.05) is 6.61 Å². The number of aryl methyl sites for hydroxylation is 1. The van der Waals surface area contributed by atoms with E-state index in [1.165, 1.54) is 11.8 Å². The van der Waals surface area contributed by atoms with Crippen molar-refractivity contribution in [1.82, 2.24) is 5.32 Å². The van der Waals surface area contributed by atoms with E-state index >= 15 is 0 Å². The fourth-order valence-electron chi connectivity index (χ4n) is 2.27. The zero-order chi connectivity index (χ0) is 16.9. The Bertz CT molecular complexity index is 810. The zero-order valence-electron chi connectivity index (χ0n) is 13.6. The summed E-state index contributed by atoms with van der Waals surface area (Å²) in [5.41, 5.74) is 2.92. The van der Waals surface area contributed by atoms with Crippen LogP contribution < -0.4 is 10.1 Å². The molecular formula is C19H18N2O2S. The number of benzene rings is 2. The topological polar surface area (TPSA) is 50.7 Å². The number of hydrogen-bond acceptors (Lipinski definition) is 4. The Kier molecular flexibility index (Phi) is 5.01. The number of amidine groups is 1. The monoisotopic (exact) mass is 338 g/mol. The van der Waals surface area contributed by atoms with Crippen LogP contribution >= 0.6 is 11.8 Å². The van der Waals surface area contributed by atoms with E-state index < -0.39 is 0 Å². The first-order valence-electron chi connectivity index (χ1n) is 7.73. The van der Waals surface area contributed by atoms with Gasteiger partial charge >= 0.3 is 0 Å². The van der Waals surface area contributed by atoms with E-state index in [2.05, 4.69) is 10.3 Å². The fourth-order valence-corrected chi connectivity index (χ4v) is 3.12. The number of carbonyl (C=O) groups excluding carboxylic acids is 1. The molecule has 1 N–H and O–H groups in total.